The molecule has 1 rings (SSSR count). The number of anilines is 1. The van der Waals surface area contributed by atoms with Crippen molar-refractivity contribution in [2.24, 2.45) is 11.8 Å². The zero-order valence-corrected chi connectivity index (χ0v) is 12.8. The highest BCUT2D eigenvalue weighted by atomic mass is 16.4. The first-order valence-corrected chi connectivity index (χ1v) is 7.21. The lowest BCUT2D eigenvalue weighted by molar-refractivity contribution is 0.0690. The molecule has 0 aliphatic carbocycles. The van der Waals surface area contributed by atoms with E-state index < -0.39 is 5.97 Å². The fourth-order valence-corrected chi connectivity index (χ4v) is 1.76. The molecule has 0 unspecified atom stereocenters. The fraction of sp³-hybridized carbons (Fsp3) is 0.667. The second kappa shape index (κ2) is 7.82. The Balaban J connectivity index is 2.84. The van der Waals surface area contributed by atoms with Crippen LogP contribution in [0.5, 0.6) is 0 Å². The van der Waals surface area contributed by atoms with Crippen LogP contribution in [0.4, 0.5) is 5.95 Å². The van der Waals surface area contributed by atoms with E-state index in [1.165, 1.54) is 12.3 Å². The molecule has 0 amide bonds. The first-order chi connectivity index (χ1) is 9.40. The van der Waals surface area contributed by atoms with Crippen molar-refractivity contribution in [2.45, 2.75) is 40.5 Å². The van der Waals surface area contributed by atoms with Gasteiger partial charge in [0, 0.05) is 19.3 Å². The van der Waals surface area contributed by atoms with E-state index in [9.17, 15) is 4.79 Å². The molecule has 112 valence electrons. The number of rotatable bonds is 8. The molecule has 20 heavy (non-hydrogen) atoms. The van der Waals surface area contributed by atoms with Gasteiger partial charge >= 0.3 is 5.97 Å². The largest absolute Gasteiger partial charge is 0.477 e. The van der Waals surface area contributed by atoms with E-state index in [-0.39, 0.29) is 5.69 Å². The van der Waals surface area contributed by atoms with Crippen molar-refractivity contribution in [2.75, 3.05) is 18.0 Å². The molecule has 0 radical (unpaired) electrons. The number of carboxylic acids is 1. The number of aromatic carboxylic acids is 1. The minimum atomic E-state index is -1.01. The average Bonchev–Trinajstić information content (AvgIpc) is 2.38. The van der Waals surface area contributed by atoms with Crippen molar-refractivity contribution in [1.29, 1.82) is 0 Å². The number of hydrogen-bond donors (Lipinski definition) is 1. The standard InChI is InChI=1S/C15H25N3O2/c1-11(2)6-9-18(10-7-12(3)4)15-16-8-5-13(17-15)14(19)20/h5,8,11-12H,6-7,9-10H2,1-4H3,(H,19,20). The number of hydrogen-bond acceptors (Lipinski definition) is 4. The minimum absolute atomic E-state index is 0.0501. The molecule has 0 aliphatic rings. The fourth-order valence-electron chi connectivity index (χ4n) is 1.76. The highest BCUT2D eigenvalue weighted by Crippen LogP contribution is 2.13. The van der Waals surface area contributed by atoms with Gasteiger partial charge in [-0.15, -0.1) is 0 Å². The molecule has 5 heteroatoms. The summed E-state index contributed by atoms with van der Waals surface area (Å²) in [6.45, 7) is 10.4. The third kappa shape index (κ3) is 5.55. The second-order valence-electron chi connectivity index (χ2n) is 5.90. The van der Waals surface area contributed by atoms with Crippen molar-refractivity contribution < 1.29 is 9.90 Å². The van der Waals surface area contributed by atoms with Gasteiger partial charge in [-0.3, -0.25) is 0 Å². The summed E-state index contributed by atoms with van der Waals surface area (Å²) in [5.41, 5.74) is 0.0501. The Morgan fingerprint density at radius 2 is 1.75 bits per heavy atom. The molecule has 5 nitrogen and oxygen atoms in total. The predicted molar refractivity (Wildman–Crippen MR) is 80.1 cm³/mol. The lowest BCUT2D eigenvalue weighted by Crippen LogP contribution is -2.29. The van der Waals surface area contributed by atoms with Crippen LogP contribution in [0.3, 0.4) is 0 Å². The van der Waals surface area contributed by atoms with Crippen LogP contribution in [0.2, 0.25) is 0 Å². The molecule has 0 atom stereocenters. The van der Waals surface area contributed by atoms with Gasteiger partial charge in [-0.05, 0) is 30.7 Å². The van der Waals surface area contributed by atoms with Gasteiger partial charge in [-0.25, -0.2) is 14.8 Å². The molecule has 1 N–H and O–H groups in total. The number of carboxylic acid groups (broad SMARTS) is 1. The molecule has 0 aromatic carbocycles. The molecule has 1 aromatic rings. The zero-order chi connectivity index (χ0) is 15.1. The smallest absolute Gasteiger partial charge is 0.354 e. The molecule has 0 aliphatic heterocycles. The maximum Gasteiger partial charge on any atom is 0.354 e. The molecule has 0 spiro atoms. The molecule has 0 saturated heterocycles. The van der Waals surface area contributed by atoms with E-state index in [4.69, 9.17) is 5.11 Å². The Hall–Kier alpha value is -1.65. The van der Waals surface area contributed by atoms with E-state index in [2.05, 4.69) is 42.6 Å². The Bertz CT molecular complexity index is 421. The van der Waals surface area contributed by atoms with Crippen molar-refractivity contribution in [3.63, 3.8) is 0 Å². The van der Waals surface area contributed by atoms with Gasteiger partial charge in [0.05, 0.1) is 0 Å². The van der Waals surface area contributed by atoms with Gasteiger partial charge in [0.15, 0.2) is 5.69 Å². The van der Waals surface area contributed by atoms with E-state index in [0.717, 1.165) is 25.9 Å². The topological polar surface area (TPSA) is 66.3 Å². The summed E-state index contributed by atoms with van der Waals surface area (Å²) in [6.07, 6.45) is 3.60. The van der Waals surface area contributed by atoms with E-state index in [1.54, 1.807) is 0 Å². The van der Waals surface area contributed by atoms with Crippen LogP contribution < -0.4 is 4.90 Å². The predicted octanol–water partition coefficient (Wildman–Crippen LogP) is 3.07. The third-order valence-electron chi connectivity index (χ3n) is 3.10. The highest BCUT2D eigenvalue weighted by Gasteiger charge is 2.13. The molecular weight excluding hydrogens is 254 g/mol. The van der Waals surface area contributed by atoms with Gasteiger partial charge in [-0.2, -0.15) is 0 Å². The summed E-state index contributed by atoms with van der Waals surface area (Å²) in [5, 5.41) is 9.02. The van der Waals surface area contributed by atoms with Crippen molar-refractivity contribution in [1.82, 2.24) is 9.97 Å². The molecule has 1 heterocycles. The van der Waals surface area contributed by atoms with Crippen molar-refractivity contribution in [3.8, 4) is 0 Å². The Morgan fingerprint density at radius 1 is 1.20 bits per heavy atom. The highest BCUT2D eigenvalue weighted by molar-refractivity contribution is 5.85. The van der Waals surface area contributed by atoms with Gasteiger partial charge in [0.2, 0.25) is 5.95 Å². The van der Waals surface area contributed by atoms with Crippen LogP contribution in [0.25, 0.3) is 0 Å². The quantitative estimate of drug-likeness (QED) is 0.792. The maximum absolute atomic E-state index is 11.0. The van der Waals surface area contributed by atoms with Gasteiger partial charge in [0.1, 0.15) is 0 Å². The van der Waals surface area contributed by atoms with Crippen LogP contribution in [-0.4, -0.2) is 34.1 Å². The van der Waals surface area contributed by atoms with Crippen LogP contribution in [0.1, 0.15) is 51.0 Å². The summed E-state index contributed by atoms with van der Waals surface area (Å²) in [7, 11) is 0. The van der Waals surface area contributed by atoms with Crippen molar-refractivity contribution >= 4 is 11.9 Å². The number of carbonyl (C=O) groups is 1. The van der Waals surface area contributed by atoms with E-state index >= 15 is 0 Å². The van der Waals surface area contributed by atoms with Gasteiger partial charge in [0.25, 0.3) is 0 Å². The second-order valence-corrected chi connectivity index (χ2v) is 5.90. The average molecular weight is 279 g/mol. The monoisotopic (exact) mass is 279 g/mol. The SMILES string of the molecule is CC(C)CCN(CCC(C)C)c1nccc(C(=O)O)n1. The summed E-state index contributed by atoms with van der Waals surface area (Å²) >= 11 is 0. The van der Waals surface area contributed by atoms with Gasteiger partial charge in [-0.1, -0.05) is 27.7 Å². The molecular formula is C15H25N3O2. The zero-order valence-electron chi connectivity index (χ0n) is 12.8. The first kappa shape index (κ1) is 16.4. The number of aromatic nitrogens is 2. The lowest BCUT2D eigenvalue weighted by Gasteiger charge is -2.24. The summed E-state index contributed by atoms with van der Waals surface area (Å²) in [6, 6.07) is 1.43. The molecule has 1 aromatic heterocycles. The van der Waals surface area contributed by atoms with Gasteiger partial charge < -0.3 is 10.0 Å². The van der Waals surface area contributed by atoms with Crippen molar-refractivity contribution in [3.05, 3.63) is 18.0 Å². The third-order valence-corrected chi connectivity index (χ3v) is 3.10. The van der Waals surface area contributed by atoms with Crippen LogP contribution >= 0.6 is 0 Å². The van der Waals surface area contributed by atoms with E-state index in [0.29, 0.717) is 17.8 Å². The van der Waals surface area contributed by atoms with Crippen LogP contribution in [0.15, 0.2) is 12.3 Å². The van der Waals surface area contributed by atoms with Crippen LogP contribution in [0, 0.1) is 11.8 Å². The normalized spacial score (nSPS) is 11.1. The summed E-state index contributed by atoms with van der Waals surface area (Å²) < 4.78 is 0. The van der Waals surface area contributed by atoms with Crippen LogP contribution in [-0.2, 0) is 0 Å². The maximum atomic E-state index is 11.0. The summed E-state index contributed by atoms with van der Waals surface area (Å²) in [5.74, 6) is 0.700. The minimum Gasteiger partial charge on any atom is -0.477 e. The Labute approximate surface area is 121 Å². The van der Waals surface area contributed by atoms with E-state index in [1.807, 2.05) is 0 Å². The Kier molecular flexibility index (Phi) is 6.42. The Morgan fingerprint density at radius 3 is 2.20 bits per heavy atom. The first-order valence-electron chi connectivity index (χ1n) is 7.21. The summed E-state index contributed by atoms with van der Waals surface area (Å²) in [4.78, 5) is 21.5. The molecule has 0 bridgehead atoms. The number of nitrogens with zero attached hydrogens (tertiary/aromatic N) is 3. The molecule has 0 fully saturated rings. The molecule has 0 saturated carbocycles. The lowest BCUT2D eigenvalue weighted by atomic mass is 10.1.